The number of hydrogen-bond donors (Lipinski definition) is 3. The van der Waals surface area contributed by atoms with Crippen LogP contribution in [0.3, 0.4) is 0 Å². The fraction of sp³-hybridized carbons (Fsp3) is 0.375. The summed E-state index contributed by atoms with van der Waals surface area (Å²) in [5.74, 6) is -0.576. The number of amides is 1. The van der Waals surface area contributed by atoms with Crippen LogP contribution in [0.4, 0.5) is 19.1 Å². The number of carbonyl (C=O) groups excluding carboxylic acids is 1. The van der Waals surface area contributed by atoms with Crippen LogP contribution < -0.4 is 10.6 Å². The van der Waals surface area contributed by atoms with Gasteiger partial charge in [0.2, 0.25) is 11.9 Å². The first-order valence-electron chi connectivity index (χ1n) is 7.92. The number of piperidine rings is 1. The highest BCUT2D eigenvalue weighted by molar-refractivity contribution is 5.84. The molecule has 1 aliphatic heterocycles. The average molecular weight is 367 g/mol. The molecule has 10 heteroatoms. The van der Waals surface area contributed by atoms with Gasteiger partial charge in [-0.15, -0.1) is 10.2 Å². The number of aryl methyl sites for hydroxylation is 1. The molecule has 3 N–H and O–H groups in total. The lowest BCUT2D eigenvalue weighted by Gasteiger charge is -2.22. The second-order valence-electron chi connectivity index (χ2n) is 5.93. The van der Waals surface area contributed by atoms with E-state index in [1.165, 1.54) is 0 Å². The van der Waals surface area contributed by atoms with Crippen LogP contribution in [0.15, 0.2) is 18.2 Å². The number of alkyl halides is 3. The second-order valence-corrected chi connectivity index (χ2v) is 5.93. The Labute approximate surface area is 146 Å². The molecular weight excluding hydrogens is 351 g/mol. The number of rotatable bonds is 3. The lowest BCUT2D eigenvalue weighted by Crippen LogP contribution is -2.44. The first-order chi connectivity index (χ1) is 12.3. The maximum atomic E-state index is 12.7. The van der Waals surface area contributed by atoms with E-state index in [-0.39, 0.29) is 23.1 Å². The number of phenols is 1. The Morgan fingerprint density at radius 1 is 1.31 bits per heavy atom. The molecule has 0 aliphatic carbocycles. The normalized spacial score (nSPS) is 17.7. The zero-order valence-electron chi connectivity index (χ0n) is 13.8. The highest BCUT2D eigenvalue weighted by Gasteiger charge is 2.31. The number of halogens is 3. The first kappa shape index (κ1) is 17.9. The van der Waals surface area contributed by atoms with Crippen molar-refractivity contribution in [2.24, 2.45) is 0 Å². The van der Waals surface area contributed by atoms with Crippen LogP contribution >= 0.6 is 0 Å². The number of phenolic OH excluding ortho intramolecular Hbond substituents is 1. The van der Waals surface area contributed by atoms with Crippen molar-refractivity contribution >= 4 is 11.9 Å². The molecule has 1 atom stereocenters. The fourth-order valence-corrected chi connectivity index (χ4v) is 2.69. The van der Waals surface area contributed by atoms with Crippen LogP contribution in [0.1, 0.15) is 24.1 Å². The summed E-state index contributed by atoms with van der Waals surface area (Å²) in [6.45, 7) is 2.22. The molecular formula is C16H16F3N5O2. The molecule has 1 fully saturated rings. The lowest BCUT2D eigenvalue weighted by molar-refractivity contribution is -0.137. The Bertz CT molecular complexity index is 841. The van der Waals surface area contributed by atoms with E-state index in [1.807, 2.05) is 0 Å². The van der Waals surface area contributed by atoms with Gasteiger partial charge < -0.3 is 15.7 Å². The van der Waals surface area contributed by atoms with E-state index in [4.69, 9.17) is 0 Å². The minimum atomic E-state index is -4.55. The number of nitrogens with one attached hydrogen (secondary N) is 2. The highest BCUT2D eigenvalue weighted by atomic mass is 19.4. The average Bonchev–Trinajstić information content (AvgIpc) is 2.57. The Hall–Kier alpha value is -2.91. The molecule has 1 aromatic carbocycles. The van der Waals surface area contributed by atoms with Gasteiger partial charge in [0.1, 0.15) is 17.5 Å². The SMILES string of the molecule is Cc1nc(N[C@@H]2CCCNC2=O)nnc1-c1ccc(C(F)(F)F)cc1O. The zero-order valence-corrected chi connectivity index (χ0v) is 13.8. The molecule has 0 bridgehead atoms. The third kappa shape index (κ3) is 3.68. The molecule has 138 valence electrons. The van der Waals surface area contributed by atoms with Crippen molar-refractivity contribution in [1.29, 1.82) is 0 Å². The van der Waals surface area contributed by atoms with E-state index in [0.29, 0.717) is 24.7 Å². The Morgan fingerprint density at radius 2 is 2.08 bits per heavy atom. The predicted octanol–water partition coefficient (Wildman–Crippen LogP) is 2.26. The molecule has 0 unspecified atom stereocenters. The van der Waals surface area contributed by atoms with Crippen LogP contribution in [0, 0.1) is 6.92 Å². The summed E-state index contributed by atoms with van der Waals surface area (Å²) >= 11 is 0. The second kappa shape index (κ2) is 6.77. The quantitative estimate of drug-likeness (QED) is 0.770. The molecule has 2 aromatic rings. The molecule has 1 aliphatic rings. The van der Waals surface area contributed by atoms with Gasteiger partial charge in [-0.2, -0.15) is 13.2 Å². The minimum absolute atomic E-state index is 0.0949. The van der Waals surface area contributed by atoms with Crippen molar-refractivity contribution in [2.75, 3.05) is 11.9 Å². The summed E-state index contributed by atoms with van der Waals surface area (Å²) in [5, 5.41) is 23.4. The Kier molecular flexibility index (Phi) is 4.66. The zero-order chi connectivity index (χ0) is 18.9. The number of nitrogens with zero attached hydrogens (tertiary/aromatic N) is 3. The van der Waals surface area contributed by atoms with Crippen molar-refractivity contribution in [1.82, 2.24) is 20.5 Å². The van der Waals surface area contributed by atoms with Gasteiger partial charge in [0, 0.05) is 12.1 Å². The topological polar surface area (TPSA) is 100 Å². The molecule has 0 spiro atoms. The van der Waals surface area contributed by atoms with Crippen LogP contribution in [0.2, 0.25) is 0 Å². The number of aromatic hydroxyl groups is 1. The fourth-order valence-electron chi connectivity index (χ4n) is 2.69. The van der Waals surface area contributed by atoms with Crippen molar-refractivity contribution in [3.63, 3.8) is 0 Å². The molecule has 2 heterocycles. The third-order valence-corrected chi connectivity index (χ3v) is 4.03. The third-order valence-electron chi connectivity index (χ3n) is 4.03. The molecule has 26 heavy (non-hydrogen) atoms. The van der Waals surface area contributed by atoms with Gasteiger partial charge in [-0.3, -0.25) is 4.79 Å². The molecule has 0 saturated carbocycles. The number of aromatic nitrogens is 3. The number of hydrogen-bond acceptors (Lipinski definition) is 6. The monoisotopic (exact) mass is 367 g/mol. The van der Waals surface area contributed by atoms with Gasteiger partial charge in [0.25, 0.3) is 0 Å². The van der Waals surface area contributed by atoms with E-state index < -0.39 is 23.5 Å². The Morgan fingerprint density at radius 3 is 2.69 bits per heavy atom. The van der Waals surface area contributed by atoms with Crippen LogP contribution in [0.25, 0.3) is 11.3 Å². The summed E-state index contributed by atoms with van der Waals surface area (Å²) < 4.78 is 38.1. The Balaban J connectivity index is 1.85. The van der Waals surface area contributed by atoms with E-state index >= 15 is 0 Å². The van der Waals surface area contributed by atoms with Gasteiger partial charge >= 0.3 is 6.18 Å². The van der Waals surface area contributed by atoms with E-state index in [2.05, 4.69) is 25.8 Å². The summed E-state index contributed by atoms with van der Waals surface area (Å²) in [7, 11) is 0. The maximum Gasteiger partial charge on any atom is 0.416 e. The van der Waals surface area contributed by atoms with Crippen LogP contribution in [0.5, 0.6) is 5.75 Å². The smallest absolute Gasteiger partial charge is 0.416 e. The van der Waals surface area contributed by atoms with E-state index in [9.17, 15) is 23.1 Å². The van der Waals surface area contributed by atoms with Crippen molar-refractivity contribution in [3.8, 4) is 17.0 Å². The van der Waals surface area contributed by atoms with Gasteiger partial charge in [-0.05, 0) is 38.0 Å². The predicted molar refractivity (Wildman–Crippen MR) is 86.3 cm³/mol. The standard InChI is InChI=1S/C16H16F3N5O2/c1-8-13(10-5-4-9(7-12(10)25)16(17,18)19)23-24-15(21-8)22-11-3-2-6-20-14(11)26/h4-5,7,11,25H,2-3,6H2,1H3,(H,20,26)(H,21,22,24)/t11-/m1/s1. The van der Waals surface area contributed by atoms with Crippen molar-refractivity contribution in [2.45, 2.75) is 32.0 Å². The van der Waals surface area contributed by atoms with Gasteiger partial charge in [-0.25, -0.2) is 4.98 Å². The van der Waals surface area contributed by atoms with E-state index in [0.717, 1.165) is 18.6 Å². The molecule has 1 saturated heterocycles. The lowest BCUT2D eigenvalue weighted by atomic mass is 10.1. The molecule has 0 radical (unpaired) electrons. The largest absolute Gasteiger partial charge is 0.507 e. The maximum absolute atomic E-state index is 12.7. The van der Waals surface area contributed by atoms with Crippen LogP contribution in [-0.4, -0.2) is 38.8 Å². The van der Waals surface area contributed by atoms with Crippen molar-refractivity contribution < 1.29 is 23.1 Å². The van der Waals surface area contributed by atoms with Crippen molar-refractivity contribution in [3.05, 3.63) is 29.5 Å². The summed E-state index contributed by atoms with van der Waals surface area (Å²) in [6.07, 6.45) is -3.09. The molecule has 7 nitrogen and oxygen atoms in total. The summed E-state index contributed by atoms with van der Waals surface area (Å²) in [6, 6.07) is 2.15. The number of anilines is 1. The van der Waals surface area contributed by atoms with E-state index in [1.54, 1.807) is 6.92 Å². The summed E-state index contributed by atoms with van der Waals surface area (Å²) in [4.78, 5) is 15.9. The molecule has 3 rings (SSSR count). The van der Waals surface area contributed by atoms with Gasteiger partial charge in [0.05, 0.1) is 11.3 Å². The minimum Gasteiger partial charge on any atom is -0.507 e. The number of carbonyl (C=O) groups is 1. The summed E-state index contributed by atoms with van der Waals surface area (Å²) in [5.41, 5.74) is -0.347. The first-order valence-corrected chi connectivity index (χ1v) is 7.92. The van der Waals surface area contributed by atoms with Crippen LogP contribution in [-0.2, 0) is 11.0 Å². The number of benzene rings is 1. The molecule has 1 amide bonds. The van der Waals surface area contributed by atoms with Gasteiger partial charge in [0.15, 0.2) is 0 Å². The van der Waals surface area contributed by atoms with Gasteiger partial charge in [-0.1, -0.05) is 0 Å². The highest BCUT2D eigenvalue weighted by Crippen LogP contribution is 2.36. The molecule has 1 aromatic heterocycles.